The number of rotatable bonds is 5. The molecule has 23 heavy (non-hydrogen) atoms. The van der Waals surface area contributed by atoms with Crippen molar-refractivity contribution in [1.29, 1.82) is 0 Å². The molecule has 2 heterocycles. The molecule has 0 atom stereocenters. The number of nitrogens with two attached hydrogens (primary N) is 1. The number of alkyl halides is 3. The van der Waals surface area contributed by atoms with Crippen LogP contribution in [0.1, 0.15) is 36.8 Å². The first-order valence-corrected chi connectivity index (χ1v) is 7.17. The van der Waals surface area contributed by atoms with E-state index in [1.165, 1.54) is 4.68 Å². The van der Waals surface area contributed by atoms with Crippen LogP contribution in [-0.2, 0) is 12.7 Å². The molecule has 6 nitrogen and oxygen atoms in total. The van der Waals surface area contributed by atoms with Crippen LogP contribution in [0.4, 0.5) is 24.9 Å². The average Bonchev–Trinajstić information content (AvgIpc) is 2.80. The number of nitrogen functional groups attached to an aromatic ring is 1. The van der Waals surface area contributed by atoms with E-state index < -0.39 is 11.9 Å². The molecule has 2 aromatic rings. The second-order valence-corrected chi connectivity index (χ2v) is 5.51. The highest BCUT2D eigenvalue weighted by atomic mass is 19.4. The molecule has 9 heteroatoms. The third-order valence-corrected chi connectivity index (χ3v) is 3.26. The number of nitrogens with one attached hydrogen (secondary N) is 1. The van der Waals surface area contributed by atoms with Crippen LogP contribution in [0.25, 0.3) is 0 Å². The minimum atomic E-state index is -4.43. The fourth-order valence-corrected chi connectivity index (χ4v) is 2.04. The predicted octanol–water partition coefficient (Wildman–Crippen LogP) is 2.82. The average molecular weight is 328 g/mol. The largest absolute Gasteiger partial charge is 0.435 e. The van der Waals surface area contributed by atoms with Gasteiger partial charge >= 0.3 is 6.18 Å². The fraction of sp³-hybridized carbons (Fsp3) is 0.500. The highest BCUT2D eigenvalue weighted by Crippen LogP contribution is 2.28. The number of halogens is 3. The number of nitrogens with zero attached hydrogens (tertiary/aromatic N) is 4. The van der Waals surface area contributed by atoms with Gasteiger partial charge in [0.1, 0.15) is 5.82 Å². The van der Waals surface area contributed by atoms with Crippen LogP contribution in [0.5, 0.6) is 0 Å². The zero-order valence-corrected chi connectivity index (χ0v) is 13.1. The van der Waals surface area contributed by atoms with Crippen molar-refractivity contribution < 1.29 is 13.2 Å². The van der Waals surface area contributed by atoms with Gasteiger partial charge in [0.2, 0.25) is 5.95 Å². The van der Waals surface area contributed by atoms with Gasteiger partial charge in [0.15, 0.2) is 5.69 Å². The molecular formula is C14H19F3N6. The highest BCUT2D eigenvalue weighted by molar-refractivity contribution is 5.41. The monoisotopic (exact) mass is 328 g/mol. The Morgan fingerprint density at radius 3 is 2.52 bits per heavy atom. The maximum absolute atomic E-state index is 12.6. The highest BCUT2D eigenvalue weighted by Gasteiger charge is 2.34. The second kappa shape index (κ2) is 6.43. The lowest BCUT2D eigenvalue weighted by Gasteiger charge is -2.11. The van der Waals surface area contributed by atoms with Crippen LogP contribution in [0.2, 0.25) is 0 Å². The zero-order valence-electron chi connectivity index (χ0n) is 13.1. The van der Waals surface area contributed by atoms with Crippen molar-refractivity contribution in [2.24, 2.45) is 0 Å². The van der Waals surface area contributed by atoms with E-state index in [0.29, 0.717) is 18.1 Å². The van der Waals surface area contributed by atoms with E-state index in [-0.39, 0.29) is 18.4 Å². The van der Waals surface area contributed by atoms with Crippen molar-refractivity contribution >= 4 is 11.8 Å². The Bertz CT molecular complexity index is 678. The first kappa shape index (κ1) is 17.0. The van der Waals surface area contributed by atoms with Gasteiger partial charge in [0, 0.05) is 18.3 Å². The number of aryl methyl sites for hydroxylation is 1. The lowest BCUT2D eigenvalue weighted by atomic mass is 10.1. The van der Waals surface area contributed by atoms with Crippen molar-refractivity contribution in [2.45, 2.75) is 39.4 Å². The van der Waals surface area contributed by atoms with E-state index in [9.17, 15) is 13.2 Å². The van der Waals surface area contributed by atoms with Crippen LogP contribution in [0, 0.1) is 6.92 Å². The summed E-state index contributed by atoms with van der Waals surface area (Å²) in [5.74, 6) is 0.902. The van der Waals surface area contributed by atoms with Crippen molar-refractivity contribution in [2.75, 3.05) is 17.6 Å². The molecule has 0 aliphatic carbocycles. The third-order valence-electron chi connectivity index (χ3n) is 3.26. The molecule has 0 spiro atoms. The van der Waals surface area contributed by atoms with Gasteiger partial charge in [-0.05, 0) is 18.9 Å². The minimum absolute atomic E-state index is 0.160. The first-order chi connectivity index (χ1) is 10.7. The topological polar surface area (TPSA) is 81.7 Å². The smallest absolute Gasteiger partial charge is 0.368 e. The van der Waals surface area contributed by atoms with Crippen molar-refractivity contribution in [3.63, 3.8) is 0 Å². The molecule has 0 aliphatic rings. The molecular weight excluding hydrogens is 309 g/mol. The summed E-state index contributed by atoms with van der Waals surface area (Å²) in [4.78, 5) is 8.19. The van der Waals surface area contributed by atoms with Gasteiger partial charge < -0.3 is 11.1 Å². The van der Waals surface area contributed by atoms with E-state index in [1.54, 1.807) is 13.0 Å². The lowest BCUT2D eigenvalue weighted by Crippen LogP contribution is -2.15. The normalized spacial score (nSPS) is 12.0. The minimum Gasteiger partial charge on any atom is -0.368 e. The standard InChI is InChI=1S/C14H19F3N6/c1-8(2)10-7-12(21-13(18)20-10)19-4-5-23-9(3)6-11(22-23)14(15,16)17/h6-8H,4-5H2,1-3H3,(H3,18,19,20,21). The van der Waals surface area contributed by atoms with Crippen LogP contribution in [-0.4, -0.2) is 26.3 Å². The Hall–Kier alpha value is -2.32. The Balaban J connectivity index is 2.02. The molecule has 0 radical (unpaired) electrons. The predicted molar refractivity (Wildman–Crippen MR) is 81.0 cm³/mol. The Labute approximate surface area is 131 Å². The summed E-state index contributed by atoms with van der Waals surface area (Å²) in [6.45, 7) is 6.20. The van der Waals surface area contributed by atoms with Gasteiger partial charge in [-0.1, -0.05) is 13.8 Å². The number of hydrogen-bond donors (Lipinski definition) is 2. The summed E-state index contributed by atoms with van der Waals surface area (Å²) in [7, 11) is 0. The Morgan fingerprint density at radius 1 is 1.26 bits per heavy atom. The molecule has 0 bridgehead atoms. The molecule has 0 aliphatic heterocycles. The lowest BCUT2D eigenvalue weighted by molar-refractivity contribution is -0.141. The molecule has 2 aromatic heterocycles. The van der Waals surface area contributed by atoms with Crippen LogP contribution < -0.4 is 11.1 Å². The SMILES string of the molecule is Cc1cc(C(F)(F)F)nn1CCNc1cc(C(C)C)nc(N)n1. The summed E-state index contributed by atoms with van der Waals surface area (Å²) in [6, 6.07) is 2.80. The summed E-state index contributed by atoms with van der Waals surface area (Å²) in [5, 5.41) is 6.60. The summed E-state index contributed by atoms with van der Waals surface area (Å²) >= 11 is 0. The zero-order chi connectivity index (χ0) is 17.2. The fourth-order valence-electron chi connectivity index (χ4n) is 2.04. The Morgan fingerprint density at radius 2 is 1.96 bits per heavy atom. The molecule has 0 fully saturated rings. The molecule has 0 saturated heterocycles. The van der Waals surface area contributed by atoms with Gasteiger partial charge in [0.05, 0.1) is 12.2 Å². The number of hydrogen-bond acceptors (Lipinski definition) is 5. The van der Waals surface area contributed by atoms with Gasteiger partial charge in [-0.3, -0.25) is 4.68 Å². The molecule has 3 N–H and O–H groups in total. The van der Waals surface area contributed by atoms with Crippen molar-refractivity contribution in [1.82, 2.24) is 19.7 Å². The first-order valence-electron chi connectivity index (χ1n) is 7.17. The van der Waals surface area contributed by atoms with Gasteiger partial charge in [-0.25, -0.2) is 4.98 Å². The van der Waals surface area contributed by atoms with Crippen LogP contribution in [0.15, 0.2) is 12.1 Å². The molecule has 0 amide bonds. The molecule has 0 aromatic carbocycles. The van der Waals surface area contributed by atoms with E-state index in [0.717, 1.165) is 11.8 Å². The summed E-state index contributed by atoms with van der Waals surface area (Å²) in [6.07, 6.45) is -4.43. The third kappa shape index (κ3) is 4.33. The summed E-state index contributed by atoms with van der Waals surface area (Å²) in [5.41, 5.74) is 6.01. The molecule has 2 rings (SSSR count). The van der Waals surface area contributed by atoms with Crippen molar-refractivity contribution in [3.8, 4) is 0 Å². The number of aromatic nitrogens is 4. The molecule has 0 unspecified atom stereocenters. The van der Waals surface area contributed by atoms with Gasteiger partial charge in [-0.2, -0.15) is 23.3 Å². The number of anilines is 2. The maximum Gasteiger partial charge on any atom is 0.435 e. The van der Waals surface area contributed by atoms with E-state index in [2.05, 4.69) is 20.4 Å². The van der Waals surface area contributed by atoms with E-state index in [4.69, 9.17) is 5.73 Å². The quantitative estimate of drug-likeness (QED) is 0.882. The van der Waals surface area contributed by atoms with Crippen molar-refractivity contribution in [3.05, 3.63) is 29.2 Å². The van der Waals surface area contributed by atoms with E-state index >= 15 is 0 Å². The summed E-state index contributed by atoms with van der Waals surface area (Å²) < 4.78 is 39.1. The Kier molecular flexibility index (Phi) is 4.76. The van der Waals surface area contributed by atoms with Gasteiger partial charge in [-0.15, -0.1) is 0 Å². The second-order valence-electron chi connectivity index (χ2n) is 5.51. The maximum atomic E-state index is 12.6. The van der Waals surface area contributed by atoms with Gasteiger partial charge in [0.25, 0.3) is 0 Å². The molecule has 0 saturated carbocycles. The molecule has 126 valence electrons. The van der Waals surface area contributed by atoms with E-state index in [1.807, 2.05) is 13.8 Å². The van der Waals surface area contributed by atoms with Crippen LogP contribution >= 0.6 is 0 Å². The van der Waals surface area contributed by atoms with Crippen LogP contribution in [0.3, 0.4) is 0 Å².